The monoisotopic (exact) mass is 345 g/mol. The summed E-state index contributed by atoms with van der Waals surface area (Å²) < 4.78 is 5.57. The molecule has 25 heavy (non-hydrogen) atoms. The Labute approximate surface area is 149 Å². The number of carbonyl (C=O) groups is 3. The largest absolute Gasteiger partial charge is 0.459 e. The Morgan fingerprint density at radius 1 is 1.32 bits per heavy atom. The number of hydrogen-bond donors (Lipinski definition) is 0. The summed E-state index contributed by atoms with van der Waals surface area (Å²) in [6.45, 7) is 7.65. The van der Waals surface area contributed by atoms with Crippen LogP contribution in [0, 0.1) is 5.41 Å². The normalized spacial score (nSPS) is 21.9. The third kappa shape index (κ3) is 4.47. The fourth-order valence-corrected chi connectivity index (χ4v) is 3.25. The van der Waals surface area contributed by atoms with Gasteiger partial charge in [0.05, 0.1) is 11.5 Å². The van der Waals surface area contributed by atoms with E-state index in [1.807, 2.05) is 37.3 Å². The minimum Gasteiger partial charge on any atom is -0.459 e. The number of amides is 1. The van der Waals surface area contributed by atoms with E-state index < -0.39 is 17.0 Å². The third-order valence-corrected chi connectivity index (χ3v) is 4.61. The average molecular weight is 345 g/mol. The molecule has 1 aliphatic heterocycles. The molecule has 0 unspecified atom stereocenters. The molecule has 5 nitrogen and oxygen atoms in total. The number of nitrogens with zero attached hydrogens (tertiary/aromatic N) is 1. The predicted molar refractivity (Wildman–Crippen MR) is 94.8 cm³/mol. The number of esters is 1. The molecule has 0 aliphatic carbocycles. The number of rotatable bonds is 6. The van der Waals surface area contributed by atoms with Crippen LogP contribution in [0.3, 0.4) is 0 Å². The van der Waals surface area contributed by atoms with E-state index in [-0.39, 0.29) is 31.3 Å². The highest BCUT2D eigenvalue weighted by molar-refractivity contribution is 5.90. The summed E-state index contributed by atoms with van der Waals surface area (Å²) in [6.07, 6.45) is 1.45. The Balaban J connectivity index is 2.26. The van der Waals surface area contributed by atoms with E-state index in [2.05, 4.69) is 0 Å². The van der Waals surface area contributed by atoms with Crippen LogP contribution in [-0.4, -0.2) is 35.2 Å². The second kappa shape index (κ2) is 7.38. The maximum Gasteiger partial charge on any atom is 0.314 e. The van der Waals surface area contributed by atoms with Crippen molar-refractivity contribution in [1.29, 1.82) is 0 Å². The van der Waals surface area contributed by atoms with Crippen molar-refractivity contribution in [2.75, 3.05) is 6.54 Å². The molecule has 1 aliphatic rings. The summed E-state index contributed by atoms with van der Waals surface area (Å²) in [5, 5.41) is 0. The quantitative estimate of drug-likeness (QED) is 0.586. The summed E-state index contributed by atoms with van der Waals surface area (Å²) in [7, 11) is 0. The van der Waals surface area contributed by atoms with E-state index in [0.29, 0.717) is 6.42 Å². The lowest BCUT2D eigenvalue weighted by Gasteiger charge is -2.32. The molecule has 0 N–H and O–H groups in total. The topological polar surface area (TPSA) is 63.7 Å². The second-order valence-corrected chi connectivity index (χ2v) is 7.77. The van der Waals surface area contributed by atoms with Crippen molar-refractivity contribution in [1.82, 2.24) is 4.90 Å². The van der Waals surface area contributed by atoms with Crippen molar-refractivity contribution in [3.8, 4) is 0 Å². The van der Waals surface area contributed by atoms with Crippen LogP contribution in [0.1, 0.15) is 58.6 Å². The van der Waals surface area contributed by atoms with Crippen LogP contribution in [0.2, 0.25) is 0 Å². The molecule has 1 heterocycles. The lowest BCUT2D eigenvalue weighted by molar-refractivity contribution is -0.167. The standard InChI is InChI=1S/C20H27NO4/c1-15(16-9-6-5-7-10-16)21-14-20(11-8-12-22,13-17(21)23)18(24)25-19(2,3)4/h5-7,9-10,12,15H,8,11,13-14H2,1-4H3/t15-,20+/m1/s1. The molecule has 2 rings (SSSR count). The highest BCUT2D eigenvalue weighted by Gasteiger charge is 2.51. The first-order chi connectivity index (χ1) is 11.7. The smallest absolute Gasteiger partial charge is 0.314 e. The lowest BCUT2D eigenvalue weighted by Crippen LogP contribution is -2.40. The van der Waals surface area contributed by atoms with Crippen molar-refractivity contribution in [2.45, 2.75) is 58.6 Å². The van der Waals surface area contributed by atoms with Gasteiger partial charge in [-0.15, -0.1) is 0 Å². The molecule has 1 aromatic carbocycles. The fourth-order valence-electron chi connectivity index (χ4n) is 3.25. The number of benzene rings is 1. The SMILES string of the molecule is C[C@H](c1ccccc1)N1C[C@@](CCC=O)(C(=O)OC(C)(C)C)CC1=O. The summed E-state index contributed by atoms with van der Waals surface area (Å²) >= 11 is 0. The van der Waals surface area contributed by atoms with Gasteiger partial charge >= 0.3 is 5.97 Å². The molecule has 0 spiro atoms. The first kappa shape index (κ1) is 19.2. The molecule has 0 saturated carbocycles. The van der Waals surface area contributed by atoms with Crippen LogP contribution >= 0.6 is 0 Å². The van der Waals surface area contributed by atoms with Gasteiger partial charge in [0.2, 0.25) is 5.91 Å². The number of carbonyl (C=O) groups excluding carboxylic acids is 3. The molecule has 1 fully saturated rings. The summed E-state index contributed by atoms with van der Waals surface area (Å²) in [4.78, 5) is 38.1. The molecule has 1 amide bonds. The van der Waals surface area contributed by atoms with E-state index in [0.717, 1.165) is 11.8 Å². The molecular weight excluding hydrogens is 318 g/mol. The second-order valence-electron chi connectivity index (χ2n) is 7.77. The van der Waals surface area contributed by atoms with E-state index in [1.54, 1.807) is 25.7 Å². The Morgan fingerprint density at radius 2 is 1.96 bits per heavy atom. The van der Waals surface area contributed by atoms with Crippen molar-refractivity contribution < 1.29 is 19.1 Å². The van der Waals surface area contributed by atoms with Gasteiger partial charge in [0.25, 0.3) is 0 Å². The summed E-state index contributed by atoms with van der Waals surface area (Å²) in [5.74, 6) is -0.467. The molecule has 0 bridgehead atoms. The fraction of sp³-hybridized carbons (Fsp3) is 0.550. The van der Waals surface area contributed by atoms with Gasteiger partial charge in [-0.3, -0.25) is 9.59 Å². The van der Waals surface area contributed by atoms with Gasteiger partial charge < -0.3 is 14.4 Å². The van der Waals surface area contributed by atoms with E-state index in [9.17, 15) is 14.4 Å². The molecular formula is C20H27NO4. The van der Waals surface area contributed by atoms with Crippen LogP contribution in [-0.2, 0) is 19.1 Å². The molecule has 1 saturated heterocycles. The van der Waals surface area contributed by atoms with Gasteiger partial charge in [0.1, 0.15) is 11.9 Å². The van der Waals surface area contributed by atoms with Crippen LogP contribution in [0.25, 0.3) is 0 Å². The minimum absolute atomic E-state index is 0.0758. The molecule has 136 valence electrons. The first-order valence-corrected chi connectivity index (χ1v) is 8.70. The molecule has 0 aromatic heterocycles. The number of hydrogen-bond acceptors (Lipinski definition) is 4. The van der Waals surface area contributed by atoms with E-state index in [1.165, 1.54) is 0 Å². The molecule has 1 aromatic rings. The van der Waals surface area contributed by atoms with E-state index in [4.69, 9.17) is 4.74 Å². The van der Waals surface area contributed by atoms with Gasteiger partial charge in [-0.1, -0.05) is 30.3 Å². The number of ether oxygens (including phenoxy) is 1. The summed E-state index contributed by atoms with van der Waals surface area (Å²) in [5.41, 5.74) is -0.563. The molecule has 2 atom stereocenters. The predicted octanol–water partition coefficient (Wildman–Crippen LogP) is 3.29. The van der Waals surface area contributed by atoms with Crippen LogP contribution < -0.4 is 0 Å². The van der Waals surface area contributed by atoms with Crippen molar-refractivity contribution in [3.05, 3.63) is 35.9 Å². The Hall–Kier alpha value is -2.17. The van der Waals surface area contributed by atoms with Gasteiger partial charge in [0.15, 0.2) is 0 Å². The zero-order valence-electron chi connectivity index (χ0n) is 15.5. The maximum atomic E-state index is 12.8. The number of likely N-dealkylation sites (tertiary alicyclic amines) is 1. The highest BCUT2D eigenvalue weighted by Crippen LogP contribution is 2.41. The molecule has 0 radical (unpaired) electrons. The van der Waals surface area contributed by atoms with Crippen molar-refractivity contribution in [3.63, 3.8) is 0 Å². The Morgan fingerprint density at radius 3 is 2.52 bits per heavy atom. The Bertz CT molecular complexity index is 635. The first-order valence-electron chi connectivity index (χ1n) is 8.70. The zero-order valence-corrected chi connectivity index (χ0v) is 15.5. The zero-order chi connectivity index (χ0) is 18.7. The van der Waals surface area contributed by atoms with Gasteiger partial charge in [-0.05, 0) is 39.7 Å². The third-order valence-electron chi connectivity index (χ3n) is 4.61. The maximum absolute atomic E-state index is 12.8. The average Bonchev–Trinajstić information content (AvgIpc) is 2.89. The highest BCUT2D eigenvalue weighted by atomic mass is 16.6. The van der Waals surface area contributed by atoms with Crippen LogP contribution in [0.15, 0.2) is 30.3 Å². The van der Waals surface area contributed by atoms with Gasteiger partial charge in [0, 0.05) is 19.4 Å². The van der Waals surface area contributed by atoms with Crippen LogP contribution in [0.5, 0.6) is 0 Å². The van der Waals surface area contributed by atoms with Gasteiger partial charge in [-0.25, -0.2) is 0 Å². The lowest BCUT2D eigenvalue weighted by atomic mass is 9.82. The van der Waals surface area contributed by atoms with Crippen LogP contribution in [0.4, 0.5) is 0 Å². The summed E-state index contributed by atoms with van der Waals surface area (Å²) in [6, 6.07) is 9.60. The number of aldehydes is 1. The molecule has 5 heteroatoms. The van der Waals surface area contributed by atoms with Crippen molar-refractivity contribution >= 4 is 18.2 Å². The van der Waals surface area contributed by atoms with Gasteiger partial charge in [-0.2, -0.15) is 0 Å². The Kier molecular flexibility index (Phi) is 5.65. The van der Waals surface area contributed by atoms with Crippen molar-refractivity contribution in [2.24, 2.45) is 5.41 Å². The minimum atomic E-state index is -0.950. The van der Waals surface area contributed by atoms with E-state index >= 15 is 0 Å².